The van der Waals surface area contributed by atoms with Crippen LogP contribution in [0.3, 0.4) is 0 Å². The Morgan fingerprint density at radius 3 is 2.81 bits per heavy atom. The standard InChI is InChI=1S/C13H15NO2/c1-9-4-5-12-11(8-9)6-7-14(12)10(2)13(15)16-3/h4-8,10H,1-3H3. The van der Waals surface area contributed by atoms with Crippen LogP contribution < -0.4 is 0 Å². The topological polar surface area (TPSA) is 31.2 Å². The van der Waals surface area contributed by atoms with Gasteiger partial charge in [0, 0.05) is 11.7 Å². The molecule has 0 spiro atoms. The number of esters is 1. The van der Waals surface area contributed by atoms with Gasteiger partial charge in [0.05, 0.1) is 7.11 Å². The van der Waals surface area contributed by atoms with E-state index in [0.29, 0.717) is 0 Å². The molecule has 0 saturated carbocycles. The third kappa shape index (κ3) is 1.69. The molecular weight excluding hydrogens is 202 g/mol. The van der Waals surface area contributed by atoms with E-state index in [4.69, 9.17) is 4.74 Å². The van der Waals surface area contributed by atoms with E-state index in [1.165, 1.54) is 12.7 Å². The number of methoxy groups -OCH3 is 1. The van der Waals surface area contributed by atoms with Gasteiger partial charge in [-0.15, -0.1) is 0 Å². The zero-order valence-corrected chi connectivity index (χ0v) is 9.73. The number of ether oxygens (including phenoxy) is 1. The van der Waals surface area contributed by atoms with Gasteiger partial charge in [-0.25, -0.2) is 4.79 Å². The molecule has 3 nitrogen and oxygen atoms in total. The summed E-state index contributed by atoms with van der Waals surface area (Å²) in [4.78, 5) is 11.5. The van der Waals surface area contributed by atoms with Gasteiger partial charge in [0.15, 0.2) is 0 Å². The van der Waals surface area contributed by atoms with Crippen molar-refractivity contribution in [2.45, 2.75) is 19.9 Å². The highest BCUT2D eigenvalue weighted by molar-refractivity contribution is 5.83. The molecule has 0 saturated heterocycles. The summed E-state index contributed by atoms with van der Waals surface area (Å²) in [5.41, 5.74) is 2.28. The second kappa shape index (κ2) is 4.00. The van der Waals surface area contributed by atoms with Gasteiger partial charge < -0.3 is 9.30 Å². The summed E-state index contributed by atoms with van der Waals surface area (Å²) < 4.78 is 6.68. The second-order valence-corrected chi connectivity index (χ2v) is 3.98. The molecule has 2 aromatic rings. The van der Waals surface area contributed by atoms with E-state index in [0.717, 1.165) is 10.9 Å². The largest absolute Gasteiger partial charge is 0.467 e. The Kier molecular flexibility index (Phi) is 2.69. The minimum absolute atomic E-state index is 0.224. The highest BCUT2D eigenvalue weighted by Crippen LogP contribution is 2.21. The van der Waals surface area contributed by atoms with Crippen LogP contribution in [0.5, 0.6) is 0 Å². The zero-order chi connectivity index (χ0) is 11.7. The Balaban J connectivity index is 2.50. The summed E-state index contributed by atoms with van der Waals surface area (Å²) in [7, 11) is 1.41. The molecule has 0 fully saturated rings. The summed E-state index contributed by atoms with van der Waals surface area (Å²) in [5.74, 6) is -0.224. The van der Waals surface area contributed by atoms with Gasteiger partial charge in [0.2, 0.25) is 0 Å². The quantitative estimate of drug-likeness (QED) is 0.724. The number of rotatable bonds is 2. The fraction of sp³-hybridized carbons (Fsp3) is 0.308. The summed E-state index contributed by atoms with van der Waals surface area (Å²) in [5, 5.41) is 1.15. The molecule has 0 bridgehead atoms. The first-order valence-corrected chi connectivity index (χ1v) is 5.28. The van der Waals surface area contributed by atoms with Crippen LogP contribution >= 0.6 is 0 Å². The fourth-order valence-electron chi connectivity index (χ4n) is 1.91. The highest BCUT2D eigenvalue weighted by atomic mass is 16.5. The van der Waals surface area contributed by atoms with Gasteiger partial charge in [-0.1, -0.05) is 11.6 Å². The van der Waals surface area contributed by atoms with Crippen LogP contribution in [-0.2, 0) is 9.53 Å². The summed E-state index contributed by atoms with van der Waals surface area (Å²) >= 11 is 0. The Hall–Kier alpha value is -1.77. The number of aromatic nitrogens is 1. The summed E-state index contributed by atoms with van der Waals surface area (Å²) in [6.45, 7) is 3.89. The molecule has 1 heterocycles. The van der Waals surface area contributed by atoms with E-state index in [-0.39, 0.29) is 12.0 Å². The number of hydrogen-bond donors (Lipinski definition) is 0. The number of hydrogen-bond acceptors (Lipinski definition) is 2. The predicted octanol–water partition coefficient (Wildman–Crippen LogP) is 2.68. The molecule has 0 aliphatic heterocycles. The van der Waals surface area contributed by atoms with E-state index >= 15 is 0 Å². The minimum Gasteiger partial charge on any atom is -0.467 e. The average molecular weight is 217 g/mol. The molecule has 2 rings (SSSR count). The maximum atomic E-state index is 11.5. The lowest BCUT2D eigenvalue weighted by atomic mass is 10.2. The van der Waals surface area contributed by atoms with Crippen molar-refractivity contribution in [2.75, 3.05) is 7.11 Å². The van der Waals surface area contributed by atoms with E-state index < -0.39 is 0 Å². The molecular formula is C13H15NO2. The van der Waals surface area contributed by atoms with Crippen LogP contribution in [0.2, 0.25) is 0 Å². The Labute approximate surface area is 94.6 Å². The maximum Gasteiger partial charge on any atom is 0.328 e. The van der Waals surface area contributed by atoms with Gasteiger partial charge in [0.25, 0.3) is 0 Å². The van der Waals surface area contributed by atoms with Gasteiger partial charge >= 0.3 is 5.97 Å². The smallest absolute Gasteiger partial charge is 0.328 e. The van der Waals surface area contributed by atoms with Crippen molar-refractivity contribution in [1.82, 2.24) is 4.57 Å². The second-order valence-electron chi connectivity index (χ2n) is 3.98. The number of carbonyl (C=O) groups is 1. The monoisotopic (exact) mass is 217 g/mol. The van der Waals surface area contributed by atoms with Crippen molar-refractivity contribution in [2.24, 2.45) is 0 Å². The number of carbonyl (C=O) groups excluding carboxylic acids is 1. The van der Waals surface area contributed by atoms with Gasteiger partial charge in [-0.05, 0) is 37.4 Å². The van der Waals surface area contributed by atoms with Crippen molar-refractivity contribution in [3.8, 4) is 0 Å². The SMILES string of the molecule is COC(=O)C(C)n1ccc2cc(C)ccc21. The molecule has 3 heteroatoms. The van der Waals surface area contributed by atoms with E-state index in [2.05, 4.69) is 13.0 Å². The third-order valence-electron chi connectivity index (χ3n) is 2.84. The molecule has 1 aromatic carbocycles. The van der Waals surface area contributed by atoms with Crippen molar-refractivity contribution < 1.29 is 9.53 Å². The molecule has 0 N–H and O–H groups in total. The Morgan fingerprint density at radius 2 is 2.12 bits per heavy atom. The van der Waals surface area contributed by atoms with Crippen molar-refractivity contribution in [1.29, 1.82) is 0 Å². The molecule has 0 aliphatic carbocycles. The number of benzene rings is 1. The summed E-state index contributed by atoms with van der Waals surface area (Å²) in [6, 6.07) is 7.91. The van der Waals surface area contributed by atoms with E-state index in [9.17, 15) is 4.79 Å². The van der Waals surface area contributed by atoms with Gasteiger partial charge in [-0.3, -0.25) is 0 Å². The van der Waals surface area contributed by atoms with Crippen LogP contribution in [0, 0.1) is 6.92 Å². The Bertz CT molecular complexity index is 528. The number of aryl methyl sites for hydroxylation is 1. The lowest BCUT2D eigenvalue weighted by molar-refractivity contribution is -0.143. The lowest BCUT2D eigenvalue weighted by Crippen LogP contribution is -2.16. The third-order valence-corrected chi connectivity index (χ3v) is 2.84. The average Bonchev–Trinajstić information content (AvgIpc) is 2.69. The molecule has 0 aliphatic rings. The van der Waals surface area contributed by atoms with Crippen molar-refractivity contribution in [3.63, 3.8) is 0 Å². The predicted molar refractivity (Wildman–Crippen MR) is 63.4 cm³/mol. The normalized spacial score (nSPS) is 12.7. The van der Waals surface area contributed by atoms with Crippen LogP contribution in [0.4, 0.5) is 0 Å². The minimum atomic E-state index is -0.287. The first kappa shape index (κ1) is 10.7. The molecule has 1 unspecified atom stereocenters. The van der Waals surface area contributed by atoms with Crippen LogP contribution in [0.15, 0.2) is 30.5 Å². The van der Waals surface area contributed by atoms with Crippen molar-refractivity contribution >= 4 is 16.9 Å². The molecule has 0 radical (unpaired) electrons. The van der Waals surface area contributed by atoms with E-state index in [1.54, 1.807) is 0 Å². The molecule has 0 amide bonds. The van der Waals surface area contributed by atoms with Crippen LogP contribution in [0.1, 0.15) is 18.5 Å². The van der Waals surface area contributed by atoms with Gasteiger partial charge in [0.1, 0.15) is 6.04 Å². The summed E-state index contributed by atoms with van der Waals surface area (Å²) in [6.07, 6.45) is 1.92. The number of fused-ring (bicyclic) bond motifs is 1. The molecule has 16 heavy (non-hydrogen) atoms. The molecule has 1 aromatic heterocycles. The first-order chi connectivity index (χ1) is 7.63. The first-order valence-electron chi connectivity index (χ1n) is 5.28. The number of nitrogens with zero attached hydrogens (tertiary/aromatic N) is 1. The van der Waals surface area contributed by atoms with Crippen LogP contribution in [-0.4, -0.2) is 17.6 Å². The Morgan fingerprint density at radius 1 is 1.38 bits per heavy atom. The zero-order valence-electron chi connectivity index (χ0n) is 9.73. The van der Waals surface area contributed by atoms with Crippen LogP contribution in [0.25, 0.3) is 10.9 Å². The van der Waals surface area contributed by atoms with E-state index in [1.807, 2.05) is 35.9 Å². The molecule has 1 atom stereocenters. The van der Waals surface area contributed by atoms with Crippen molar-refractivity contribution in [3.05, 3.63) is 36.0 Å². The maximum absolute atomic E-state index is 11.5. The molecule has 84 valence electrons. The highest BCUT2D eigenvalue weighted by Gasteiger charge is 2.16. The van der Waals surface area contributed by atoms with Gasteiger partial charge in [-0.2, -0.15) is 0 Å². The fourth-order valence-corrected chi connectivity index (χ4v) is 1.91. The lowest BCUT2D eigenvalue weighted by Gasteiger charge is -2.12.